The van der Waals surface area contributed by atoms with Gasteiger partial charge in [0.05, 0.1) is 0 Å². The van der Waals surface area contributed by atoms with Crippen LogP contribution in [0.3, 0.4) is 0 Å². The van der Waals surface area contributed by atoms with Gasteiger partial charge in [0.1, 0.15) is 0 Å². The molecular weight excluding hydrogens is 248 g/mol. The van der Waals surface area contributed by atoms with Gasteiger partial charge in [0.25, 0.3) is 5.91 Å². The third-order valence-corrected chi connectivity index (χ3v) is 4.90. The zero-order valence-corrected chi connectivity index (χ0v) is 12.1. The topological polar surface area (TPSA) is 46.3 Å². The molecule has 0 bridgehead atoms. The van der Waals surface area contributed by atoms with E-state index in [9.17, 15) is 4.79 Å². The molecule has 0 aromatic heterocycles. The lowest BCUT2D eigenvalue weighted by molar-refractivity contribution is 0.0750. The Balaban J connectivity index is 1.66. The molecule has 1 aromatic carbocycles. The minimum Gasteiger partial charge on any atom is -0.339 e. The lowest BCUT2D eigenvalue weighted by atomic mass is 10.00. The highest BCUT2D eigenvalue weighted by atomic mass is 16.2. The van der Waals surface area contributed by atoms with Gasteiger partial charge < -0.3 is 10.6 Å². The molecule has 3 rings (SSSR count). The molecule has 1 aliphatic carbocycles. The molecule has 20 heavy (non-hydrogen) atoms. The van der Waals surface area contributed by atoms with Crippen molar-refractivity contribution in [2.45, 2.75) is 44.6 Å². The number of nitrogens with zero attached hydrogens (tertiary/aromatic N) is 1. The fourth-order valence-corrected chi connectivity index (χ4v) is 3.64. The number of hydrogen-bond acceptors (Lipinski definition) is 2. The van der Waals surface area contributed by atoms with Crippen LogP contribution in [-0.4, -0.2) is 29.9 Å². The molecule has 2 N–H and O–H groups in total. The quantitative estimate of drug-likeness (QED) is 0.919. The second-order valence-corrected chi connectivity index (χ2v) is 6.20. The molecule has 1 saturated carbocycles. The molecule has 108 valence electrons. The first-order valence-corrected chi connectivity index (χ1v) is 7.88. The van der Waals surface area contributed by atoms with Gasteiger partial charge in [-0.25, -0.2) is 0 Å². The summed E-state index contributed by atoms with van der Waals surface area (Å²) < 4.78 is 0. The largest absolute Gasteiger partial charge is 0.339 e. The molecule has 1 aromatic rings. The van der Waals surface area contributed by atoms with Crippen molar-refractivity contribution in [2.75, 3.05) is 13.1 Å². The smallest absolute Gasteiger partial charge is 0.254 e. The Hall–Kier alpha value is -1.35. The maximum atomic E-state index is 12.6. The summed E-state index contributed by atoms with van der Waals surface area (Å²) in [7, 11) is 0. The molecule has 1 amide bonds. The van der Waals surface area contributed by atoms with Crippen molar-refractivity contribution in [1.29, 1.82) is 0 Å². The summed E-state index contributed by atoms with van der Waals surface area (Å²) in [5.74, 6) is 0.825. The minimum absolute atomic E-state index is 0.213. The fraction of sp³-hybridized carbons (Fsp3) is 0.588. The molecular formula is C17H24N2O. The Morgan fingerprint density at radius 1 is 1.20 bits per heavy atom. The Bertz CT molecular complexity index is 486. The standard InChI is InChI=1S/C17H24N2O/c18-16-9-3-6-14(16)10-12-19-11-4-7-13-5-1-2-8-15(13)17(19)20/h1-2,5,8,14,16H,3-4,6-7,9-12,18H2. The van der Waals surface area contributed by atoms with Crippen LogP contribution in [0.2, 0.25) is 0 Å². The molecule has 2 unspecified atom stereocenters. The van der Waals surface area contributed by atoms with Crippen LogP contribution in [0.25, 0.3) is 0 Å². The summed E-state index contributed by atoms with van der Waals surface area (Å²) >= 11 is 0. The van der Waals surface area contributed by atoms with Crippen molar-refractivity contribution in [2.24, 2.45) is 11.7 Å². The molecule has 1 heterocycles. The SMILES string of the molecule is NC1CCCC1CCN1CCCc2ccccc2C1=O. The molecule has 0 spiro atoms. The van der Waals surface area contributed by atoms with Crippen molar-refractivity contribution >= 4 is 5.91 Å². The zero-order chi connectivity index (χ0) is 13.9. The van der Waals surface area contributed by atoms with Crippen LogP contribution >= 0.6 is 0 Å². The second kappa shape index (κ2) is 5.96. The van der Waals surface area contributed by atoms with Gasteiger partial charge in [-0.2, -0.15) is 0 Å². The zero-order valence-electron chi connectivity index (χ0n) is 12.1. The van der Waals surface area contributed by atoms with Crippen molar-refractivity contribution in [3.05, 3.63) is 35.4 Å². The molecule has 3 heteroatoms. The molecule has 0 saturated heterocycles. The van der Waals surface area contributed by atoms with Gasteiger partial charge in [0.2, 0.25) is 0 Å². The highest BCUT2D eigenvalue weighted by Gasteiger charge is 2.26. The van der Waals surface area contributed by atoms with E-state index in [0.717, 1.165) is 44.3 Å². The van der Waals surface area contributed by atoms with Crippen molar-refractivity contribution in [3.8, 4) is 0 Å². The van der Waals surface area contributed by atoms with E-state index >= 15 is 0 Å². The van der Waals surface area contributed by atoms with E-state index in [-0.39, 0.29) is 5.91 Å². The van der Waals surface area contributed by atoms with Gasteiger partial charge in [-0.15, -0.1) is 0 Å². The van der Waals surface area contributed by atoms with Crippen molar-refractivity contribution in [1.82, 2.24) is 4.90 Å². The van der Waals surface area contributed by atoms with Crippen molar-refractivity contribution in [3.63, 3.8) is 0 Å². The first kappa shape index (κ1) is 13.6. The van der Waals surface area contributed by atoms with Gasteiger partial charge >= 0.3 is 0 Å². The van der Waals surface area contributed by atoms with Crippen LogP contribution in [0.5, 0.6) is 0 Å². The van der Waals surface area contributed by atoms with Crippen molar-refractivity contribution < 1.29 is 4.79 Å². The van der Waals surface area contributed by atoms with Gasteiger partial charge in [0.15, 0.2) is 0 Å². The van der Waals surface area contributed by atoms with E-state index in [4.69, 9.17) is 5.73 Å². The number of rotatable bonds is 3. The number of carbonyl (C=O) groups is 1. The van der Waals surface area contributed by atoms with E-state index in [1.54, 1.807) is 0 Å². The first-order valence-electron chi connectivity index (χ1n) is 7.88. The van der Waals surface area contributed by atoms with Crippen LogP contribution in [0.1, 0.15) is 48.0 Å². The third-order valence-electron chi connectivity index (χ3n) is 4.90. The summed E-state index contributed by atoms with van der Waals surface area (Å²) in [6.07, 6.45) is 6.79. The van der Waals surface area contributed by atoms with E-state index in [0.29, 0.717) is 12.0 Å². The first-order chi connectivity index (χ1) is 9.75. The Morgan fingerprint density at radius 2 is 2.05 bits per heavy atom. The average molecular weight is 272 g/mol. The maximum absolute atomic E-state index is 12.6. The molecule has 2 aliphatic rings. The van der Waals surface area contributed by atoms with Crippen LogP contribution in [0, 0.1) is 5.92 Å². The number of amides is 1. The Labute approximate surface area is 121 Å². The highest BCUT2D eigenvalue weighted by molar-refractivity contribution is 5.96. The summed E-state index contributed by atoms with van der Waals surface area (Å²) in [5.41, 5.74) is 8.24. The number of hydrogen-bond donors (Lipinski definition) is 1. The predicted molar refractivity (Wildman–Crippen MR) is 80.6 cm³/mol. The molecule has 3 nitrogen and oxygen atoms in total. The van der Waals surface area contributed by atoms with Gasteiger partial charge in [-0.05, 0) is 49.7 Å². The third kappa shape index (κ3) is 2.73. The average Bonchev–Trinajstić information content (AvgIpc) is 2.80. The van der Waals surface area contributed by atoms with Crippen LogP contribution < -0.4 is 5.73 Å². The number of aryl methyl sites for hydroxylation is 1. The lowest BCUT2D eigenvalue weighted by Crippen LogP contribution is -2.35. The van der Waals surface area contributed by atoms with Gasteiger partial charge in [-0.1, -0.05) is 24.6 Å². The monoisotopic (exact) mass is 272 g/mol. The van der Waals surface area contributed by atoms with E-state index in [1.165, 1.54) is 18.4 Å². The van der Waals surface area contributed by atoms with Gasteiger partial charge in [-0.3, -0.25) is 4.79 Å². The molecule has 0 radical (unpaired) electrons. The predicted octanol–water partition coefficient (Wildman–Crippen LogP) is 2.59. The molecule has 1 aliphatic heterocycles. The van der Waals surface area contributed by atoms with E-state index in [2.05, 4.69) is 6.07 Å². The van der Waals surface area contributed by atoms with E-state index in [1.807, 2.05) is 23.1 Å². The molecule has 2 atom stereocenters. The molecule has 1 fully saturated rings. The maximum Gasteiger partial charge on any atom is 0.254 e. The van der Waals surface area contributed by atoms with Crippen LogP contribution in [0.15, 0.2) is 24.3 Å². The number of benzene rings is 1. The number of carbonyl (C=O) groups excluding carboxylic acids is 1. The fourth-order valence-electron chi connectivity index (χ4n) is 3.64. The normalized spacial score (nSPS) is 26.4. The lowest BCUT2D eigenvalue weighted by Gasteiger charge is -2.24. The minimum atomic E-state index is 0.213. The Morgan fingerprint density at radius 3 is 2.85 bits per heavy atom. The number of nitrogens with two attached hydrogens (primary N) is 1. The van der Waals surface area contributed by atoms with Crippen LogP contribution in [0.4, 0.5) is 0 Å². The van der Waals surface area contributed by atoms with E-state index < -0.39 is 0 Å². The summed E-state index contributed by atoms with van der Waals surface area (Å²) in [6.45, 7) is 1.75. The Kier molecular flexibility index (Phi) is 4.06. The van der Waals surface area contributed by atoms with Gasteiger partial charge in [0, 0.05) is 24.7 Å². The number of fused-ring (bicyclic) bond motifs is 1. The summed E-state index contributed by atoms with van der Waals surface area (Å²) in [5, 5.41) is 0. The second-order valence-electron chi connectivity index (χ2n) is 6.20. The summed E-state index contributed by atoms with van der Waals surface area (Å²) in [6, 6.07) is 8.40. The van der Waals surface area contributed by atoms with Crippen LogP contribution in [-0.2, 0) is 6.42 Å². The summed E-state index contributed by atoms with van der Waals surface area (Å²) in [4.78, 5) is 14.7. The highest BCUT2D eigenvalue weighted by Crippen LogP contribution is 2.27.